The van der Waals surface area contributed by atoms with Crippen LogP contribution in [-0.4, -0.2) is 5.11 Å². The molecule has 17 heavy (non-hydrogen) atoms. The lowest BCUT2D eigenvalue weighted by atomic mass is 9.82. The largest absolute Gasteiger partial charge is 0.508 e. The van der Waals surface area contributed by atoms with Gasteiger partial charge >= 0.3 is 0 Å². The number of hydrogen-bond acceptors (Lipinski definition) is 1. The van der Waals surface area contributed by atoms with Gasteiger partial charge < -0.3 is 5.11 Å². The van der Waals surface area contributed by atoms with E-state index in [1.54, 1.807) is 0 Å². The van der Waals surface area contributed by atoms with Gasteiger partial charge in [0.2, 0.25) is 0 Å². The highest BCUT2D eigenvalue weighted by Crippen LogP contribution is 2.32. The molecule has 1 N–H and O–H groups in total. The van der Waals surface area contributed by atoms with E-state index < -0.39 is 0 Å². The Morgan fingerprint density at radius 2 is 1.59 bits per heavy atom. The summed E-state index contributed by atoms with van der Waals surface area (Å²) in [4.78, 5) is 0. The van der Waals surface area contributed by atoms with E-state index in [4.69, 9.17) is 0 Å². The first-order chi connectivity index (χ1) is 7.58. The molecule has 0 aromatic heterocycles. The summed E-state index contributed by atoms with van der Waals surface area (Å²) in [7, 11) is 0. The topological polar surface area (TPSA) is 20.2 Å². The van der Waals surface area contributed by atoms with Gasteiger partial charge in [-0.1, -0.05) is 66.7 Å². The first kappa shape index (κ1) is 16.0. The molecule has 1 heteroatoms. The molecule has 0 spiro atoms. The Morgan fingerprint density at radius 3 is 1.94 bits per heavy atom. The number of aliphatic hydroxyl groups excluding tert-OH is 1. The molecule has 0 atom stereocenters. The molecule has 0 unspecified atom stereocenters. The van der Waals surface area contributed by atoms with Crippen LogP contribution in [0.1, 0.15) is 54.9 Å². The highest BCUT2D eigenvalue weighted by atomic mass is 16.3. The molecule has 0 fully saturated rings. The van der Waals surface area contributed by atoms with Crippen LogP contribution in [0, 0.1) is 10.8 Å². The van der Waals surface area contributed by atoms with Crippen molar-refractivity contribution in [3.8, 4) is 0 Å². The van der Waals surface area contributed by atoms with E-state index in [-0.39, 0.29) is 10.8 Å². The minimum atomic E-state index is -0.0517. The zero-order chi connectivity index (χ0) is 13.7. The number of hydrogen-bond donors (Lipinski definition) is 1. The summed E-state index contributed by atoms with van der Waals surface area (Å²) in [6.45, 7) is 14.7. The van der Waals surface area contributed by atoms with Gasteiger partial charge in [0.05, 0.1) is 0 Å². The van der Waals surface area contributed by atoms with Crippen LogP contribution < -0.4 is 0 Å². The summed E-state index contributed by atoms with van der Waals surface area (Å²) in [5, 5.41) is 10.2. The molecule has 0 radical (unpaired) electrons. The highest BCUT2D eigenvalue weighted by molar-refractivity contribution is 5.34. The third-order valence-corrected chi connectivity index (χ3v) is 2.29. The maximum atomic E-state index is 10.2. The van der Waals surface area contributed by atoms with Gasteiger partial charge in [0.1, 0.15) is 5.76 Å². The van der Waals surface area contributed by atoms with Gasteiger partial charge in [0.25, 0.3) is 0 Å². The van der Waals surface area contributed by atoms with Crippen molar-refractivity contribution in [1.29, 1.82) is 0 Å². The van der Waals surface area contributed by atoms with Crippen LogP contribution in [0.25, 0.3) is 0 Å². The Morgan fingerprint density at radius 1 is 1.06 bits per heavy atom. The van der Waals surface area contributed by atoms with E-state index in [1.165, 1.54) is 0 Å². The van der Waals surface area contributed by atoms with Crippen molar-refractivity contribution < 1.29 is 5.11 Å². The van der Waals surface area contributed by atoms with Gasteiger partial charge in [-0.15, -0.1) is 0 Å². The van der Waals surface area contributed by atoms with E-state index in [2.05, 4.69) is 54.5 Å². The molecule has 0 aromatic carbocycles. The van der Waals surface area contributed by atoms with E-state index in [0.29, 0.717) is 5.76 Å². The third kappa shape index (κ3) is 7.04. The molecular weight excluding hydrogens is 208 g/mol. The van der Waals surface area contributed by atoms with E-state index in [9.17, 15) is 5.11 Å². The first-order valence-corrected chi connectivity index (χ1v) is 6.37. The molecule has 0 saturated heterocycles. The van der Waals surface area contributed by atoms with Crippen LogP contribution >= 0.6 is 0 Å². The minimum Gasteiger partial charge on any atom is -0.508 e. The van der Waals surface area contributed by atoms with E-state index in [1.807, 2.05) is 18.2 Å². The summed E-state index contributed by atoms with van der Waals surface area (Å²) in [6.07, 6.45) is 9.06. The van der Waals surface area contributed by atoms with Crippen molar-refractivity contribution in [2.75, 3.05) is 0 Å². The number of aliphatic hydroxyl groups is 1. The summed E-state index contributed by atoms with van der Waals surface area (Å²) in [6, 6.07) is 0. The normalized spacial score (nSPS) is 15.7. The van der Waals surface area contributed by atoms with Crippen LogP contribution in [0.2, 0.25) is 0 Å². The Kier molecular flexibility index (Phi) is 5.74. The van der Waals surface area contributed by atoms with Crippen LogP contribution in [-0.2, 0) is 0 Å². The molecular formula is C16H28O. The summed E-state index contributed by atoms with van der Waals surface area (Å²) >= 11 is 0. The maximum Gasteiger partial charge on any atom is 0.115 e. The average molecular weight is 236 g/mol. The molecule has 0 aliphatic rings. The predicted octanol–water partition coefficient (Wildman–Crippen LogP) is 5.41. The molecule has 0 rings (SSSR count). The Balaban J connectivity index is 5.29. The van der Waals surface area contributed by atoms with E-state index in [0.717, 1.165) is 12.0 Å². The SMILES string of the molecule is CC\C=C/C=C(\C(O)=C\C(C)(C)C)C(C)(C)C. The van der Waals surface area contributed by atoms with E-state index >= 15 is 0 Å². The average Bonchev–Trinajstić information content (AvgIpc) is 2.06. The highest BCUT2D eigenvalue weighted by Gasteiger charge is 2.21. The Labute approximate surface area is 107 Å². The zero-order valence-corrected chi connectivity index (χ0v) is 12.5. The smallest absolute Gasteiger partial charge is 0.115 e. The van der Waals surface area contributed by atoms with Crippen molar-refractivity contribution in [3.63, 3.8) is 0 Å². The van der Waals surface area contributed by atoms with Gasteiger partial charge in [0, 0.05) is 0 Å². The maximum absolute atomic E-state index is 10.2. The van der Waals surface area contributed by atoms with Crippen molar-refractivity contribution in [2.45, 2.75) is 54.9 Å². The minimum absolute atomic E-state index is 0.0110. The molecule has 0 aliphatic heterocycles. The van der Waals surface area contributed by atoms with Gasteiger partial charge in [-0.25, -0.2) is 0 Å². The van der Waals surface area contributed by atoms with Gasteiger partial charge in [-0.3, -0.25) is 0 Å². The molecule has 0 saturated carbocycles. The second kappa shape index (κ2) is 6.09. The fourth-order valence-electron chi connectivity index (χ4n) is 1.51. The summed E-state index contributed by atoms with van der Waals surface area (Å²) in [5.74, 6) is 0.394. The van der Waals surface area contributed by atoms with Crippen molar-refractivity contribution in [1.82, 2.24) is 0 Å². The van der Waals surface area contributed by atoms with Gasteiger partial charge in [0.15, 0.2) is 0 Å². The van der Waals surface area contributed by atoms with Crippen LogP contribution in [0.4, 0.5) is 0 Å². The molecule has 0 bridgehead atoms. The molecule has 0 aliphatic carbocycles. The monoisotopic (exact) mass is 236 g/mol. The second-order valence-electron chi connectivity index (χ2n) is 6.56. The zero-order valence-electron chi connectivity index (χ0n) is 12.5. The van der Waals surface area contributed by atoms with Crippen molar-refractivity contribution >= 4 is 0 Å². The van der Waals surface area contributed by atoms with Crippen LogP contribution in [0.3, 0.4) is 0 Å². The Hall–Kier alpha value is -0.980. The lowest BCUT2D eigenvalue weighted by Gasteiger charge is -2.24. The fourth-order valence-corrected chi connectivity index (χ4v) is 1.51. The van der Waals surface area contributed by atoms with Gasteiger partial charge in [-0.05, 0) is 28.9 Å². The van der Waals surface area contributed by atoms with Crippen molar-refractivity contribution in [3.05, 3.63) is 35.6 Å². The molecule has 98 valence electrons. The second-order valence-corrected chi connectivity index (χ2v) is 6.56. The molecule has 0 amide bonds. The lowest BCUT2D eigenvalue weighted by molar-refractivity contribution is 0.364. The Bertz CT molecular complexity index is 316. The van der Waals surface area contributed by atoms with Crippen LogP contribution in [0.5, 0.6) is 0 Å². The number of rotatable bonds is 3. The number of allylic oxidation sites excluding steroid dienone is 5. The summed E-state index contributed by atoms with van der Waals surface area (Å²) in [5.41, 5.74) is 0.921. The molecule has 0 heterocycles. The lowest BCUT2D eigenvalue weighted by Crippen LogP contribution is -2.13. The van der Waals surface area contributed by atoms with Crippen molar-refractivity contribution in [2.24, 2.45) is 10.8 Å². The molecule has 0 aromatic rings. The third-order valence-electron chi connectivity index (χ3n) is 2.29. The molecule has 1 nitrogen and oxygen atoms in total. The fraction of sp³-hybridized carbons (Fsp3) is 0.625. The predicted molar refractivity (Wildman–Crippen MR) is 77.1 cm³/mol. The summed E-state index contributed by atoms with van der Waals surface area (Å²) < 4.78 is 0. The van der Waals surface area contributed by atoms with Crippen LogP contribution in [0.15, 0.2) is 35.6 Å². The van der Waals surface area contributed by atoms with Gasteiger partial charge in [-0.2, -0.15) is 0 Å². The quantitative estimate of drug-likeness (QED) is 0.513. The standard InChI is InChI=1S/C16H28O/c1-8-9-10-11-13(16(5,6)7)14(17)12-15(2,3)4/h9-12,17H,8H2,1-7H3/b10-9-,13-11+,14-12-. The first-order valence-electron chi connectivity index (χ1n) is 6.37.